The maximum Gasteiger partial charge on any atom is 0.372 e. The molecule has 0 amide bonds. The van der Waals surface area contributed by atoms with Gasteiger partial charge in [-0.1, -0.05) is 6.92 Å². The van der Waals surface area contributed by atoms with Gasteiger partial charge in [0.05, 0.1) is 13.2 Å². The Hall–Kier alpha value is -1.07. The molecule has 0 aromatic rings. The highest BCUT2D eigenvalue weighted by Crippen LogP contribution is 2.38. The molecule has 5 nitrogen and oxygen atoms in total. The number of piperidine rings is 1. The summed E-state index contributed by atoms with van der Waals surface area (Å²) in [7, 11) is 3.25. The normalized spacial score (nSPS) is 22.6. The van der Waals surface area contributed by atoms with Crippen molar-refractivity contribution in [3.05, 3.63) is 11.8 Å². The van der Waals surface area contributed by atoms with Crippen LogP contribution in [-0.4, -0.2) is 54.4 Å². The standard InChI is InChI=1S/C13H23NO4/c1-4-13(5-7-14(2)8-6-13)11(16)9-10(15)12(17)18-3/h9,11,15-16H,4-8H2,1-3H3/b10-9-. The van der Waals surface area contributed by atoms with Crippen molar-refractivity contribution in [2.75, 3.05) is 27.2 Å². The van der Waals surface area contributed by atoms with Crippen LogP contribution in [0, 0.1) is 5.41 Å². The van der Waals surface area contributed by atoms with E-state index in [2.05, 4.69) is 9.64 Å². The molecule has 1 fully saturated rings. The van der Waals surface area contributed by atoms with Crippen molar-refractivity contribution in [1.29, 1.82) is 0 Å². The van der Waals surface area contributed by atoms with E-state index >= 15 is 0 Å². The number of aliphatic hydroxyl groups is 2. The Morgan fingerprint density at radius 3 is 2.50 bits per heavy atom. The van der Waals surface area contributed by atoms with Gasteiger partial charge >= 0.3 is 5.97 Å². The van der Waals surface area contributed by atoms with Crippen LogP contribution < -0.4 is 0 Å². The van der Waals surface area contributed by atoms with Crippen molar-refractivity contribution in [2.24, 2.45) is 5.41 Å². The van der Waals surface area contributed by atoms with Crippen molar-refractivity contribution in [1.82, 2.24) is 4.90 Å². The summed E-state index contributed by atoms with van der Waals surface area (Å²) in [5, 5.41) is 19.8. The van der Waals surface area contributed by atoms with E-state index in [1.165, 1.54) is 13.2 Å². The predicted octanol–water partition coefficient (Wildman–Crippen LogP) is 1.08. The highest BCUT2D eigenvalue weighted by Gasteiger charge is 2.38. The minimum absolute atomic E-state index is 0.255. The minimum Gasteiger partial charge on any atom is -0.502 e. The second-order valence-corrected chi connectivity index (χ2v) is 5.01. The third-order valence-corrected chi connectivity index (χ3v) is 4.02. The molecule has 0 spiro atoms. The molecule has 2 N–H and O–H groups in total. The van der Waals surface area contributed by atoms with Gasteiger partial charge < -0.3 is 19.8 Å². The Balaban J connectivity index is 2.79. The number of methoxy groups -OCH3 is 1. The molecule has 104 valence electrons. The molecule has 0 aliphatic carbocycles. The summed E-state index contributed by atoms with van der Waals surface area (Å²) in [4.78, 5) is 13.3. The third-order valence-electron chi connectivity index (χ3n) is 4.02. The molecular weight excluding hydrogens is 234 g/mol. The van der Waals surface area contributed by atoms with Gasteiger partial charge in [0, 0.05) is 5.41 Å². The van der Waals surface area contributed by atoms with Crippen molar-refractivity contribution in [3.8, 4) is 0 Å². The number of aliphatic hydroxyl groups excluding tert-OH is 2. The fraction of sp³-hybridized carbons (Fsp3) is 0.769. The predicted molar refractivity (Wildman–Crippen MR) is 68.2 cm³/mol. The van der Waals surface area contributed by atoms with E-state index in [1.807, 2.05) is 14.0 Å². The number of nitrogens with zero attached hydrogens (tertiary/aromatic N) is 1. The average Bonchev–Trinajstić information content (AvgIpc) is 2.38. The Kier molecular flexibility index (Phi) is 5.16. The van der Waals surface area contributed by atoms with Gasteiger partial charge in [0.1, 0.15) is 0 Å². The van der Waals surface area contributed by atoms with E-state index in [-0.39, 0.29) is 5.41 Å². The summed E-state index contributed by atoms with van der Waals surface area (Å²) < 4.78 is 4.41. The summed E-state index contributed by atoms with van der Waals surface area (Å²) in [6.45, 7) is 3.85. The van der Waals surface area contributed by atoms with Crippen LogP contribution in [0.15, 0.2) is 11.8 Å². The SMILES string of the molecule is CCC1(C(O)/C=C(\O)C(=O)OC)CCN(C)CC1. The molecule has 0 radical (unpaired) electrons. The van der Waals surface area contributed by atoms with Crippen molar-refractivity contribution < 1.29 is 19.7 Å². The number of hydrogen-bond donors (Lipinski definition) is 2. The fourth-order valence-corrected chi connectivity index (χ4v) is 2.42. The smallest absolute Gasteiger partial charge is 0.372 e. The van der Waals surface area contributed by atoms with E-state index in [0.29, 0.717) is 0 Å². The first kappa shape index (κ1) is 15.0. The maximum atomic E-state index is 11.1. The number of carbonyl (C=O) groups excluding carboxylic acids is 1. The molecule has 1 saturated heterocycles. The number of rotatable bonds is 4. The molecule has 0 bridgehead atoms. The van der Waals surface area contributed by atoms with Crippen molar-refractivity contribution in [3.63, 3.8) is 0 Å². The van der Waals surface area contributed by atoms with Gasteiger partial charge in [0.25, 0.3) is 0 Å². The van der Waals surface area contributed by atoms with Crippen LogP contribution in [0.25, 0.3) is 0 Å². The van der Waals surface area contributed by atoms with Gasteiger partial charge in [-0.2, -0.15) is 0 Å². The largest absolute Gasteiger partial charge is 0.502 e. The lowest BCUT2D eigenvalue weighted by Crippen LogP contribution is -2.44. The first-order chi connectivity index (χ1) is 8.45. The Labute approximate surface area is 108 Å². The maximum absolute atomic E-state index is 11.1. The summed E-state index contributed by atoms with van der Waals surface area (Å²) in [5.41, 5.74) is -0.255. The molecule has 1 atom stereocenters. The second-order valence-electron chi connectivity index (χ2n) is 5.01. The van der Waals surface area contributed by atoms with Crippen LogP contribution in [0.4, 0.5) is 0 Å². The Morgan fingerprint density at radius 1 is 1.50 bits per heavy atom. The van der Waals surface area contributed by atoms with Gasteiger partial charge in [-0.3, -0.25) is 0 Å². The zero-order valence-corrected chi connectivity index (χ0v) is 11.3. The van der Waals surface area contributed by atoms with E-state index in [1.54, 1.807) is 0 Å². The molecular formula is C13H23NO4. The Morgan fingerprint density at radius 2 is 2.06 bits per heavy atom. The second kappa shape index (κ2) is 6.20. The summed E-state index contributed by atoms with van der Waals surface area (Å²) >= 11 is 0. The van der Waals surface area contributed by atoms with E-state index in [4.69, 9.17) is 0 Å². The lowest BCUT2D eigenvalue weighted by Gasteiger charge is -2.42. The molecule has 18 heavy (non-hydrogen) atoms. The van der Waals surface area contributed by atoms with E-state index < -0.39 is 17.8 Å². The van der Waals surface area contributed by atoms with Gasteiger partial charge in [0.2, 0.25) is 0 Å². The van der Waals surface area contributed by atoms with Crippen LogP contribution >= 0.6 is 0 Å². The zero-order chi connectivity index (χ0) is 13.8. The van der Waals surface area contributed by atoms with Crippen LogP contribution in [0.5, 0.6) is 0 Å². The number of hydrogen-bond acceptors (Lipinski definition) is 5. The average molecular weight is 257 g/mol. The van der Waals surface area contributed by atoms with E-state index in [9.17, 15) is 15.0 Å². The summed E-state index contributed by atoms with van der Waals surface area (Å²) in [6.07, 6.45) is 2.90. The number of ether oxygens (including phenoxy) is 1. The van der Waals surface area contributed by atoms with Crippen molar-refractivity contribution >= 4 is 5.97 Å². The molecule has 0 aromatic carbocycles. The van der Waals surface area contributed by atoms with Crippen LogP contribution in [0.3, 0.4) is 0 Å². The molecule has 1 rings (SSSR count). The van der Waals surface area contributed by atoms with Crippen LogP contribution in [-0.2, 0) is 9.53 Å². The molecule has 1 heterocycles. The number of likely N-dealkylation sites (tertiary alicyclic amines) is 1. The molecule has 0 aromatic heterocycles. The van der Waals surface area contributed by atoms with Gasteiger partial charge in [-0.15, -0.1) is 0 Å². The van der Waals surface area contributed by atoms with Crippen LogP contribution in [0.2, 0.25) is 0 Å². The lowest BCUT2D eigenvalue weighted by atomic mass is 9.71. The first-order valence-corrected chi connectivity index (χ1v) is 6.31. The molecule has 1 unspecified atom stereocenters. The molecule has 1 aliphatic heterocycles. The molecule has 1 aliphatic rings. The fourth-order valence-electron chi connectivity index (χ4n) is 2.42. The highest BCUT2D eigenvalue weighted by atomic mass is 16.5. The minimum atomic E-state index is -0.824. The first-order valence-electron chi connectivity index (χ1n) is 6.31. The van der Waals surface area contributed by atoms with Gasteiger partial charge in [-0.05, 0) is 45.5 Å². The number of esters is 1. The van der Waals surface area contributed by atoms with Crippen LogP contribution in [0.1, 0.15) is 26.2 Å². The summed E-state index contributed by atoms with van der Waals surface area (Å²) in [5.74, 6) is -1.33. The van der Waals surface area contributed by atoms with Gasteiger partial charge in [-0.25, -0.2) is 4.79 Å². The molecule has 0 saturated carbocycles. The topological polar surface area (TPSA) is 70.0 Å². The number of carbonyl (C=O) groups is 1. The third kappa shape index (κ3) is 3.23. The zero-order valence-electron chi connectivity index (χ0n) is 11.3. The monoisotopic (exact) mass is 257 g/mol. The molecule has 5 heteroatoms. The Bertz CT molecular complexity index is 319. The summed E-state index contributed by atoms with van der Waals surface area (Å²) in [6, 6.07) is 0. The lowest BCUT2D eigenvalue weighted by molar-refractivity contribution is -0.139. The van der Waals surface area contributed by atoms with E-state index in [0.717, 1.165) is 32.4 Å². The van der Waals surface area contributed by atoms with Crippen molar-refractivity contribution in [2.45, 2.75) is 32.3 Å². The van der Waals surface area contributed by atoms with Gasteiger partial charge in [0.15, 0.2) is 5.76 Å². The quantitative estimate of drug-likeness (QED) is 0.448. The highest BCUT2D eigenvalue weighted by molar-refractivity contribution is 5.85.